The summed E-state index contributed by atoms with van der Waals surface area (Å²) in [6.07, 6.45) is 1.27. The van der Waals surface area contributed by atoms with E-state index in [4.69, 9.17) is 10.5 Å². The summed E-state index contributed by atoms with van der Waals surface area (Å²) in [4.78, 5) is 12.2. The van der Waals surface area contributed by atoms with Crippen LogP contribution in [0.25, 0.3) is 0 Å². The summed E-state index contributed by atoms with van der Waals surface area (Å²) in [6.45, 7) is 4.59. The van der Waals surface area contributed by atoms with Crippen molar-refractivity contribution < 1.29 is 17.9 Å². The first-order chi connectivity index (χ1) is 8.34. The molecule has 2 N–H and O–H groups in total. The van der Waals surface area contributed by atoms with Crippen molar-refractivity contribution in [1.29, 1.82) is 0 Å². The van der Waals surface area contributed by atoms with Crippen LogP contribution in [0.1, 0.15) is 33.1 Å². The molecule has 0 atom stereocenters. The number of hydrogen-bond acceptors (Lipinski definition) is 5. The van der Waals surface area contributed by atoms with E-state index in [1.165, 1.54) is 0 Å². The molecule has 0 amide bonds. The van der Waals surface area contributed by atoms with Gasteiger partial charge in [0.05, 0.1) is 11.0 Å². The molecule has 0 spiro atoms. The van der Waals surface area contributed by atoms with E-state index in [0.29, 0.717) is 26.1 Å². The van der Waals surface area contributed by atoms with Gasteiger partial charge in [-0.25, -0.2) is 8.42 Å². The molecule has 0 aromatic rings. The molecule has 0 aliphatic carbocycles. The molecule has 0 aromatic carbocycles. The first-order valence-corrected chi connectivity index (χ1v) is 8.08. The van der Waals surface area contributed by atoms with Crippen molar-refractivity contribution in [3.8, 4) is 0 Å². The van der Waals surface area contributed by atoms with E-state index in [0.717, 1.165) is 0 Å². The van der Waals surface area contributed by atoms with Gasteiger partial charge in [-0.1, -0.05) is 0 Å². The first kappa shape index (κ1) is 15.6. The van der Waals surface area contributed by atoms with Gasteiger partial charge in [0, 0.05) is 31.6 Å². The quantitative estimate of drug-likeness (QED) is 0.765. The van der Waals surface area contributed by atoms with Crippen molar-refractivity contribution in [3.63, 3.8) is 0 Å². The fraction of sp³-hybridized carbons (Fsp3) is 0.917. The summed E-state index contributed by atoms with van der Waals surface area (Å²) in [5.74, 6) is -0.107. The van der Waals surface area contributed by atoms with Crippen molar-refractivity contribution in [2.45, 2.75) is 38.4 Å². The molecule has 1 heterocycles. The molecule has 1 saturated heterocycles. The average molecular weight is 277 g/mol. The Balaban J connectivity index is 2.64. The maximum absolute atomic E-state index is 12.2. The van der Waals surface area contributed by atoms with Crippen LogP contribution < -0.4 is 5.73 Å². The SMILES string of the molecule is CC(C)S(=O)(=O)CCC(=O)C1(CN)CCOCC1. The smallest absolute Gasteiger partial charge is 0.153 e. The summed E-state index contributed by atoms with van der Waals surface area (Å²) in [7, 11) is -3.16. The number of rotatable bonds is 6. The van der Waals surface area contributed by atoms with Crippen LogP contribution in [0.15, 0.2) is 0 Å². The Morgan fingerprint density at radius 1 is 1.33 bits per heavy atom. The Bertz CT molecular complexity index is 383. The van der Waals surface area contributed by atoms with Crippen molar-refractivity contribution in [3.05, 3.63) is 0 Å². The number of ether oxygens (including phenoxy) is 1. The fourth-order valence-electron chi connectivity index (χ4n) is 2.09. The van der Waals surface area contributed by atoms with Gasteiger partial charge in [-0.05, 0) is 26.7 Å². The number of nitrogens with two attached hydrogens (primary N) is 1. The number of carbonyl (C=O) groups excluding carboxylic acids is 1. The monoisotopic (exact) mass is 277 g/mol. The summed E-state index contributed by atoms with van der Waals surface area (Å²) in [6, 6.07) is 0. The van der Waals surface area contributed by atoms with Gasteiger partial charge in [0.15, 0.2) is 9.84 Å². The Kier molecular flexibility index (Phi) is 5.31. The first-order valence-electron chi connectivity index (χ1n) is 6.37. The van der Waals surface area contributed by atoms with E-state index >= 15 is 0 Å². The zero-order chi connectivity index (χ0) is 13.8. The third kappa shape index (κ3) is 3.52. The molecule has 1 aliphatic rings. The topological polar surface area (TPSA) is 86.5 Å². The van der Waals surface area contributed by atoms with Crippen LogP contribution in [0.4, 0.5) is 0 Å². The van der Waals surface area contributed by atoms with E-state index in [1.807, 2.05) is 0 Å². The Morgan fingerprint density at radius 3 is 2.33 bits per heavy atom. The number of hydrogen-bond donors (Lipinski definition) is 1. The summed E-state index contributed by atoms with van der Waals surface area (Å²) < 4.78 is 28.6. The molecule has 0 saturated carbocycles. The average Bonchev–Trinajstić information content (AvgIpc) is 2.36. The van der Waals surface area contributed by atoms with Crippen molar-refractivity contribution in [1.82, 2.24) is 0 Å². The molecule has 0 aromatic heterocycles. The van der Waals surface area contributed by atoms with Crippen LogP contribution >= 0.6 is 0 Å². The van der Waals surface area contributed by atoms with E-state index in [1.54, 1.807) is 13.8 Å². The molecule has 0 unspecified atom stereocenters. The highest BCUT2D eigenvalue weighted by Gasteiger charge is 2.38. The number of sulfone groups is 1. The van der Waals surface area contributed by atoms with Gasteiger partial charge in [-0.15, -0.1) is 0 Å². The van der Waals surface area contributed by atoms with E-state index in [9.17, 15) is 13.2 Å². The van der Waals surface area contributed by atoms with Gasteiger partial charge in [-0.3, -0.25) is 4.79 Å². The van der Waals surface area contributed by atoms with Gasteiger partial charge in [0.1, 0.15) is 5.78 Å². The lowest BCUT2D eigenvalue weighted by Gasteiger charge is -2.34. The van der Waals surface area contributed by atoms with Gasteiger partial charge < -0.3 is 10.5 Å². The summed E-state index contributed by atoms with van der Waals surface area (Å²) in [5.41, 5.74) is 5.15. The highest BCUT2D eigenvalue weighted by Crippen LogP contribution is 2.31. The zero-order valence-corrected chi connectivity index (χ0v) is 12.0. The Morgan fingerprint density at radius 2 is 1.89 bits per heavy atom. The van der Waals surface area contributed by atoms with E-state index in [2.05, 4.69) is 0 Å². The van der Waals surface area contributed by atoms with Crippen LogP contribution in [-0.4, -0.2) is 45.0 Å². The van der Waals surface area contributed by atoms with Crippen molar-refractivity contribution >= 4 is 15.6 Å². The number of ketones is 1. The Hall–Kier alpha value is -0.460. The lowest BCUT2D eigenvalue weighted by atomic mass is 9.75. The maximum Gasteiger partial charge on any atom is 0.153 e. The second-order valence-electron chi connectivity index (χ2n) is 5.19. The molecule has 0 bridgehead atoms. The summed E-state index contributed by atoms with van der Waals surface area (Å²) in [5, 5.41) is -0.436. The van der Waals surface area contributed by atoms with Crippen LogP contribution in [0.3, 0.4) is 0 Å². The predicted molar refractivity (Wildman–Crippen MR) is 70.1 cm³/mol. The molecule has 18 heavy (non-hydrogen) atoms. The van der Waals surface area contributed by atoms with Gasteiger partial charge in [0.2, 0.25) is 0 Å². The largest absolute Gasteiger partial charge is 0.381 e. The minimum atomic E-state index is -3.16. The molecular formula is C12H23NO4S. The third-order valence-corrected chi connectivity index (χ3v) is 5.97. The predicted octanol–water partition coefficient (Wildman–Crippen LogP) is 0.524. The van der Waals surface area contributed by atoms with Crippen molar-refractivity contribution in [2.24, 2.45) is 11.1 Å². The molecule has 6 heteroatoms. The third-order valence-electron chi connectivity index (χ3n) is 3.76. The number of Topliss-reactive ketones (excluding diaryl/α,β-unsaturated/α-hetero) is 1. The minimum Gasteiger partial charge on any atom is -0.381 e. The highest BCUT2D eigenvalue weighted by atomic mass is 32.2. The molecule has 1 aliphatic heterocycles. The van der Waals surface area contributed by atoms with Gasteiger partial charge in [-0.2, -0.15) is 0 Å². The zero-order valence-electron chi connectivity index (χ0n) is 11.1. The second kappa shape index (κ2) is 6.12. The minimum absolute atomic E-state index is 0.0301. The molecule has 5 nitrogen and oxygen atoms in total. The van der Waals surface area contributed by atoms with E-state index in [-0.39, 0.29) is 24.5 Å². The lowest BCUT2D eigenvalue weighted by molar-refractivity contribution is -0.133. The van der Waals surface area contributed by atoms with Crippen molar-refractivity contribution in [2.75, 3.05) is 25.5 Å². The van der Waals surface area contributed by atoms with E-state index < -0.39 is 20.5 Å². The second-order valence-corrected chi connectivity index (χ2v) is 7.86. The Labute approximate surface area is 109 Å². The van der Waals surface area contributed by atoms with Crippen LogP contribution in [-0.2, 0) is 19.4 Å². The van der Waals surface area contributed by atoms with Gasteiger partial charge >= 0.3 is 0 Å². The molecular weight excluding hydrogens is 254 g/mol. The summed E-state index contributed by atoms with van der Waals surface area (Å²) >= 11 is 0. The fourth-order valence-corrected chi connectivity index (χ4v) is 3.04. The van der Waals surface area contributed by atoms with Gasteiger partial charge in [0.25, 0.3) is 0 Å². The van der Waals surface area contributed by atoms with Crippen LogP contribution in [0.5, 0.6) is 0 Å². The maximum atomic E-state index is 12.2. The number of carbonyl (C=O) groups is 1. The molecule has 106 valence electrons. The standard InChI is InChI=1S/C12H23NO4S/c1-10(2)18(15,16)8-3-11(14)12(9-13)4-6-17-7-5-12/h10H,3-9,13H2,1-2H3. The molecule has 1 rings (SSSR count). The molecule has 0 radical (unpaired) electrons. The lowest BCUT2D eigenvalue weighted by Crippen LogP contribution is -2.44. The van der Waals surface area contributed by atoms with Crippen LogP contribution in [0, 0.1) is 5.41 Å². The normalized spacial score (nSPS) is 20.0. The van der Waals surface area contributed by atoms with Crippen LogP contribution in [0.2, 0.25) is 0 Å². The molecule has 1 fully saturated rings. The highest BCUT2D eigenvalue weighted by molar-refractivity contribution is 7.91.